The summed E-state index contributed by atoms with van der Waals surface area (Å²) in [5.41, 5.74) is 4.63. The van der Waals surface area contributed by atoms with E-state index in [0.29, 0.717) is 17.2 Å². The molecule has 3 aromatic rings. The van der Waals surface area contributed by atoms with E-state index in [1.165, 1.54) is 29.7 Å². The molecule has 0 unspecified atom stereocenters. The van der Waals surface area contributed by atoms with Gasteiger partial charge >= 0.3 is 0 Å². The normalized spacial score (nSPS) is 10.8. The molecule has 0 spiro atoms. The van der Waals surface area contributed by atoms with Gasteiger partial charge in [0.2, 0.25) is 5.91 Å². The lowest BCUT2D eigenvalue weighted by Crippen LogP contribution is -2.19. The first kappa shape index (κ1) is 19.5. The van der Waals surface area contributed by atoms with Gasteiger partial charge < -0.3 is 9.47 Å². The fraction of sp³-hybridized carbons (Fsp3) is 0.150. The fourth-order valence-corrected chi connectivity index (χ4v) is 3.23. The van der Waals surface area contributed by atoms with Crippen molar-refractivity contribution in [2.24, 2.45) is 5.10 Å². The molecular formula is C20H18FN3O3S. The van der Waals surface area contributed by atoms with Gasteiger partial charge in [-0.3, -0.25) is 4.79 Å². The SMILES string of the molecule is COc1cc(/C=N\NC(=O)Cc2csc(-c3ccc(F)cc3)n2)cc(OC)c1. The van der Waals surface area contributed by atoms with Crippen molar-refractivity contribution >= 4 is 23.5 Å². The number of methoxy groups -OCH3 is 2. The van der Waals surface area contributed by atoms with Crippen molar-refractivity contribution in [2.75, 3.05) is 14.2 Å². The molecule has 8 heteroatoms. The van der Waals surface area contributed by atoms with Gasteiger partial charge in [-0.05, 0) is 36.4 Å². The number of ether oxygens (including phenoxy) is 2. The molecule has 0 saturated heterocycles. The maximum absolute atomic E-state index is 13.0. The molecule has 1 N–H and O–H groups in total. The lowest BCUT2D eigenvalue weighted by molar-refractivity contribution is -0.120. The Bertz CT molecular complexity index is 964. The maximum Gasteiger partial charge on any atom is 0.246 e. The van der Waals surface area contributed by atoms with Crippen LogP contribution in [0.3, 0.4) is 0 Å². The second-order valence-corrected chi connectivity index (χ2v) is 6.62. The highest BCUT2D eigenvalue weighted by Gasteiger charge is 2.09. The van der Waals surface area contributed by atoms with Gasteiger partial charge in [-0.1, -0.05) is 0 Å². The zero-order valence-electron chi connectivity index (χ0n) is 15.3. The predicted molar refractivity (Wildman–Crippen MR) is 106 cm³/mol. The van der Waals surface area contributed by atoms with Crippen LogP contribution < -0.4 is 14.9 Å². The number of amides is 1. The molecule has 2 aromatic carbocycles. The van der Waals surface area contributed by atoms with Crippen LogP contribution in [0.25, 0.3) is 10.6 Å². The molecule has 0 aliphatic heterocycles. The predicted octanol–water partition coefficient (Wildman–Crippen LogP) is 3.66. The monoisotopic (exact) mass is 399 g/mol. The van der Waals surface area contributed by atoms with Gasteiger partial charge in [-0.15, -0.1) is 11.3 Å². The summed E-state index contributed by atoms with van der Waals surface area (Å²) < 4.78 is 23.4. The van der Waals surface area contributed by atoms with Gasteiger partial charge in [0.25, 0.3) is 0 Å². The van der Waals surface area contributed by atoms with Crippen LogP contribution in [0.15, 0.2) is 52.9 Å². The number of nitrogens with zero attached hydrogens (tertiary/aromatic N) is 2. The Morgan fingerprint density at radius 1 is 1.18 bits per heavy atom. The summed E-state index contributed by atoms with van der Waals surface area (Å²) in [5, 5.41) is 6.49. The smallest absolute Gasteiger partial charge is 0.246 e. The van der Waals surface area contributed by atoms with Crippen molar-refractivity contribution in [3.63, 3.8) is 0 Å². The third-order valence-corrected chi connectivity index (χ3v) is 4.70. The van der Waals surface area contributed by atoms with Gasteiger partial charge in [-0.25, -0.2) is 14.8 Å². The number of hydrogen-bond donors (Lipinski definition) is 1. The van der Waals surface area contributed by atoms with Crippen molar-refractivity contribution in [3.05, 3.63) is 64.9 Å². The first-order valence-electron chi connectivity index (χ1n) is 8.32. The molecule has 0 atom stereocenters. The van der Waals surface area contributed by atoms with E-state index in [1.54, 1.807) is 49.9 Å². The van der Waals surface area contributed by atoms with Crippen LogP contribution in [0.4, 0.5) is 4.39 Å². The van der Waals surface area contributed by atoms with E-state index >= 15 is 0 Å². The number of rotatable bonds is 7. The number of hydrazone groups is 1. The minimum atomic E-state index is -0.300. The summed E-state index contributed by atoms with van der Waals surface area (Å²) in [7, 11) is 3.12. The molecule has 3 rings (SSSR count). The molecule has 1 heterocycles. The highest BCUT2D eigenvalue weighted by Crippen LogP contribution is 2.24. The van der Waals surface area contributed by atoms with Crippen molar-refractivity contribution in [3.8, 4) is 22.1 Å². The van der Waals surface area contributed by atoms with Crippen LogP contribution in [0.1, 0.15) is 11.3 Å². The number of benzene rings is 2. The third-order valence-electron chi connectivity index (χ3n) is 3.76. The highest BCUT2D eigenvalue weighted by atomic mass is 32.1. The molecule has 28 heavy (non-hydrogen) atoms. The molecular weight excluding hydrogens is 381 g/mol. The minimum Gasteiger partial charge on any atom is -0.497 e. The van der Waals surface area contributed by atoms with Gasteiger partial charge in [0, 0.05) is 22.6 Å². The summed E-state index contributed by atoms with van der Waals surface area (Å²) in [6, 6.07) is 11.4. The lowest BCUT2D eigenvalue weighted by atomic mass is 10.2. The van der Waals surface area contributed by atoms with Crippen LogP contribution >= 0.6 is 11.3 Å². The summed E-state index contributed by atoms with van der Waals surface area (Å²) >= 11 is 1.40. The first-order valence-corrected chi connectivity index (χ1v) is 9.20. The van der Waals surface area contributed by atoms with Gasteiger partial charge in [0.1, 0.15) is 22.3 Å². The van der Waals surface area contributed by atoms with Gasteiger partial charge in [-0.2, -0.15) is 5.10 Å². The van der Waals surface area contributed by atoms with E-state index < -0.39 is 0 Å². The number of halogens is 1. The van der Waals surface area contributed by atoms with Crippen molar-refractivity contribution < 1.29 is 18.7 Å². The van der Waals surface area contributed by atoms with E-state index in [2.05, 4.69) is 15.5 Å². The van der Waals surface area contributed by atoms with Crippen LogP contribution in [0, 0.1) is 5.82 Å². The lowest BCUT2D eigenvalue weighted by Gasteiger charge is -2.05. The number of hydrogen-bond acceptors (Lipinski definition) is 6. The van der Waals surface area contributed by atoms with Gasteiger partial charge in [0.05, 0.1) is 32.5 Å². The van der Waals surface area contributed by atoms with Crippen molar-refractivity contribution in [1.29, 1.82) is 0 Å². The topological polar surface area (TPSA) is 72.8 Å². The van der Waals surface area contributed by atoms with Crippen molar-refractivity contribution in [2.45, 2.75) is 6.42 Å². The molecule has 0 radical (unpaired) electrons. The van der Waals surface area contributed by atoms with E-state index in [0.717, 1.165) is 16.1 Å². The molecule has 6 nitrogen and oxygen atoms in total. The molecule has 1 aromatic heterocycles. The molecule has 1 amide bonds. The minimum absolute atomic E-state index is 0.0937. The number of carbonyl (C=O) groups is 1. The molecule has 144 valence electrons. The fourth-order valence-electron chi connectivity index (χ4n) is 2.40. The van der Waals surface area contributed by atoms with E-state index in [4.69, 9.17) is 9.47 Å². The van der Waals surface area contributed by atoms with Crippen LogP contribution in [-0.4, -0.2) is 31.3 Å². The zero-order valence-corrected chi connectivity index (χ0v) is 16.1. The van der Waals surface area contributed by atoms with Gasteiger partial charge in [0.15, 0.2) is 0 Å². The van der Waals surface area contributed by atoms with Crippen LogP contribution in [-0.2, 0) is 11.2 Å². The second kappa shape index (κ2) is 9.09. The average molecular weight is 399 g/mol. The Morgan fingerprint density at radius 3 is 2.50 bits per heavy atom. The molecule has 0 saturated carbocycles. The standard InChI is InChI=1S/C20H18FN3O3S/c1-26-17-7-13(8-18(10-17)27-2)11-22-24-19(25)9-16-12-28-20(23-16)14-3-5-15(21)6-4-14/h3-8,10-12H,9H2,1-2H3,(H,24,25)/b22-11-. The number of aromatic nitrogens is 1. The first-order chi connectivity index (χ1) is 13.6. The summed E-state index contributed by atoms with van der Waals surface area (Å²) in [6.07, 6.45) is 1.60. The Labute approximate surface area is 165 Å². The second-order valence-electron chi connectivity index (χ2n) is 5.77. The van der Waals surface area contributed by atoms with E-state index in [9.17, 15) is 9.18 Å². The summed E-state index contributed by atoms with van der Waals surface area (Å²) in [6.45, 7) is 0. The maximum atomic E-state index is 13.0. The quantitative estimate of drug-likeness (QED) is 0.486. The van der Waals surface area contributed by atoms with Crippen LogP contribution in [0.2, 0.25) is 0 Å². The van der Waals surface area contributed by atoms with Crippen LogP contribution in [0.5, 0.6) is 11.5 Å². The molecule has 0 aliphatic rings. The molecule has 0 fully saturated rings. The number of thiazole rings is 1. The summed E-state index contributed by atoms with van der Waals surface area (Å²) in [4.78, 5) is 16.5. The molecule has 0 bridgehead atoms. The average Bonchev–Trinajstić information content (AvgIpc) is 3.16. The summed E-state index contributed by atoms with van der Waals surface area (Å²) in [5.74, 6) is 0.666. The Morgan fingerprint density at radius 2 is 1.86 bits per heavy atom. The van der Waals surface area contributed by atoms with E-state index in [1.807, 2.05) is 0 Å². The largest absolute Gasteiger partial charge is 0.497 e. The number of nitrogens with one attached hydrogen (secondary N) is 1. The Balaban J connectivity index is 1.59. The highest BCUT2D eigenvalue weighted by molar-refractivity contribution is 7.13. The van der Waals surface area contributed by atoms with E-state index in [-0.39, 0.29) is 18.1 Å². The zero-order chi connectivity index (χ0) is 19.9. The third kappa shape index (κ3) is 5.14. The Kier molecular flexibility index (Phi) is 6.33. The molecule has 0 aliphatic carbocycles. The Hall–Kier alpha value is -3.26. The number of carbonyl (C=O) groups excluding carboxylic acids is 1. The van der Waals surface area contributed by atoms with Crippen molar-refractivity contribution in [1.82, 2.24) is 10.4 Å².